The third-order valence-corrected chi connectivity index (χ3v) is 6.59. The van der Waals surface area contributed by atoms with Crippen LogP contribution in [0.15, 0.2) is 42.5 Å². The minimum absolute atomic E-state index is 0.369. The van der Waals surface area contributed by atoms with Crippen LogP contribution in [-0.4, -0.2) is 29.2 Å². The van der Waals surface area contributed by atoms with Crippen LogP contribution in [0.2, 0.25) is 0 Å². The molecule has 0 bridgehead atoms. The van der Waals surface area contributed by atoms with Crippen LogP contribution >= 0.6 is 0 Å². The Labute approximate surface area is 165 Å². The molecular weight excluding hydrogens is 348 g/mol. The molecule has 1 aliphatic heterocycles. The van der Waals surface area contributed by atoms with Crippen LogP contribution in [0.1, 0.15) is 53.9 Å². The molecule has 0 unspecified atom stereocenters. The van der Waals surface area contributed by atoms with Gasteiger partial charge in [-0.25, -0.2) is 4.79 Å². The third kappa shape index (κ3) is 2.62. The van der Waals surface area contributed by atoms with Gasteiger partial charge < -0.3 is 14.6 Å². The van der Waals surface area contributed by atoms with E-state index < -0.39 is 5.97 Å². The molecule has 1 fully saturated rings. The molecule has 1 N–H and O–H groups in total. The van der Waals surface area contributed by atoms with E-state index in [0.717, 1.165) is 18.6 Å². The van der Waals surface area contributed by atoms with Gasteiger partial charge in [-0.3, -0.25) is 0 Å². The number of carboxylic acids is 1. The van der Waals surface area contributed by atoms with Gasteiger partial charge in [-0.15, -0.1) is 0 Å². The molecule has 3 aromatic rings. The van der Waals surface area contributed by atoms with E-state index in [9.17, 15) is 9.90 Å². The normalized spacial score (nSPS) is 17.2. The molecule has 2 aromatic carbocycles. The number of anilines is 1. The van der Waals surface area contributed by atoms with Crippen LogP contribution in [0.5, 0.6) is 0 Å². The number of hydrogen-bond acceptors (Lipinski definition) is 2. The van der Waals surface area contributed by atoms with Crippen molar-refractivity contribution in [2.24, 2.45) is 0 Å². The van der Waals surface area contributed by atoms with Gasteiger partial charge in [0.1, 0.15) is 0 Å². The number of carbonyl (C=O) groups is 1. The zero-order valence-electron chi connectivity index (χ0n) is 16.3. The summed E-state index contributed by atoms with van der Waals surface area (Å²) in [5, 5.41) is 10.8. The monoisotopic (exact) mass is 374 g/mol. The molecule has 0 spiro atoms. The summed E-state index contributed by atoms with van der Waals surface area (Å²) in [5.41, 5.74) is 6.73. The fourth-order valence-electron chi connectivity index (χ4n) is 5.21. The van der Waals surface area contributed by atoms with E-state index in [1.54, 1.807) is 6.07 Å². The minimum Gasteiger partial charge on any atom is -0.478 e. The second-order valence-corrected chi connectivity index (χ2v) is 8.22. The molecule has 4 heteroatoms. The highest BCUT2D eigenvalue weighted by Gasteiger charge is 2.29. The number of para-hydroxylation sites is 1. The van der Waals surface area contributed by atoms with Gasteiger partial charge in [-0.2, -0.15) is 0 Å². The first-order chi connectivity index (χ1) is 13.6. The number of benzene rings is 2. The van der Waals surface area contributed by atoms with Gasteiger partial charge in [0, 0.05) is 42.3 Å². The summed E-state index contributed by atoms with van der Waals surface area (Å²) in [6.45, 7) is 1.78. The average molecular weight is 374 g/mol. The second kappa shape index (κ2) is 6.69. The highest BCUT2D eigenvalue weighted by Crippen LogP contribution is 2.47. The summed E-state index contributed by atoms with van der Waals surface area (Å²) in [6, 6.07) is 14.4. The van der Waals surface area contributed by atoms with Crippen molar-refractivity contribution in [3.05, 3.63) is 53.6 Å². The predicted octanol–water partition coefficient (Wildman–Crippen LogP) is 5.50. The number of fused-ring (bicyclic) bond motifs is 5. The molecule has 144 valence electrons. The van der Waals surface area contributed by atoms with E-state index in [1.807, 2.05) is 6.07 Å². The Morgan fingerprint density at radius 1 is 1.04 bits per heavy atom. The maximum atomic E-state index is 11.6. The highest BCUT2D eigenvalue weighted by atomic mass is 16.4. The molecule has 0 saturated heterocycles. The minimum atomic E-state index is -0.859. The van der Waals surface area contributed by atoms with E-state index in [0.29, 0.717) is 11.5 Å². The highest BCUT2D eigenvalue weighted by molar-refractivity contribution is 5.99. The first-order valence-electron chi connectivity index (χ1n) is 10.3. The largest absolute Gasteiger partial charge is 0.478 e. The van der Waals surface area contributed by atoms with Crippen LogP contribution < -0.4 is 4.90 Å². The van der Waals surface area contributed by atoms with Gasteiger partial charge >= 0.3 is 5.97 Å². The molecule has 2 heterocycles. The van der Waals surface area contributed by atoms with E-state index in [1.165, 1.54) is 60.0 Å². The first-order valence-corrected chi connectivity index (χ1v) is 10.3. The van der Waals surface area contributed by atoms with Crippen molar-refractivity contribution in [1.29, 1.82) is 0 Å². The molecule has 4 nitrogen and oxygen atoms in total. The summed E-state index contributed by atoms with van der Waals surface area (Å²) in [5.74, 6) is -0.303. The number of likely N-dealkylation sites (N-methyl/N-ethyl adjacent to an activating group) is 1. The molecule has 1 aliphatic carbocycles. The van der Waals surface area contributed by atoms with Gasteiger partial charge in [-0.05, 0) is 42.5 Å². The zero-order chi connectivity index (χ0) is 19.3. The Balaban J connectivity index is 1.85. The van der Waals surface area contributed by atoms with E-state index in [4.69, 9.17) is 0 Å². The van der Waals surface area contributed by atoms with Crippen molar-refractivity contribution < 1.29 is 9.90 Å². The smallest absolute Gasteiger partial charge is 0.335 e. The maximum Gasteiger partial charge on any atom is 0.335 e. The Kier molecular flexibility index (Phi) is 4.15. The number of carboxylic acid groups (broad SMARTS) is 1. The summed E-state index contributed by atoms with van der Waals surface area (Å²) in [6.07, 6.45) is 6.35. The number of aromatic carboxylic acids is 1. The molecule has 0 radical (unpaired) electrons. The van der Waals surface area contributed by atoms with E-state index in [-0.39, 0.29) is 0 Å². The number of nitrogens with zero attached hydrogens (tertiary/aromatic N) is 2. The molecule has 1 saturated carbocycles. The fraction of sp³-hybridized carbons (Fsp3) is 0.375. The van der Waals surface area contributed by atoms with Crippen LogP contribution in [0, 0.1) is 0 Å². The van der Waals surface area contributed by atoms with Gasteiger partial charge in [0.05, 0.1) is 11.3 Å². The van der Waals surface area contributed by atoms with Crippen LogP contribution in [-0.2, 0) is 6.54 Å². The SMILES string of the molecule is CN1CCn2c(c(C3CCCCC3)c3ccc(C(=O)O)cc32)-c2ccccc21. The summed E-state index contributed by atoms with van der Waals surface area (Å²) >= 11 is 0. The second-order valence-electron chi connectivity index (χ2n) is 8.22. The van der Waals surface area contributed by atoms with Crippen LogP contribution in [0.3, 0.4) is 0 Å². The van der Waals surface area contributed by atoms with Gasteiger partial charge in [-0.1, -0.05) is 43.5 Å². The molecule has 5 rings (SSSR count). The standard InChI is InChI=1S/C24H26N2O2/c1-25-13-14-26-21-15-17(24(27)28)11-12-18(21)22(16-7-3-2-4-8-16)23(26)19-9-5-6-10-20(19)25/h5-6,9-12,15-16H,2-4,7-8,13-14H2,1H3,(H,27,28). The number of hydrogen-bond donors (Lipinski definition) is 1. The van der Waals surface area contributed by atoms with Crippen molar-refractivity contribution in [2.75, 3.05) is 18.5 Å². The molecule has 28 heavy (non-hydrogen) atoms. The Morgan fingerprint density at radius 2 is 1.82 bits per heavy atom. The first kappa shape index (κ1) is 17.4. The van der Waals surface area contributed by atoms with E-state index in [2.05, 4.69) is 46.8 Å². The van der Waals surface area contributed by atoms with Crippen LogP contribution in [0.25, 0.3) is 22.2 Å². The van der Waals surface area contributed by atoms with Gasteiger partial charge in [0.25, 0.3) is 0 Å². The Morgan fingerprint density at radius 3 is 2.61 bits per heavy atom. The quantitative estimate of drug-likeness (QED) is 0.644. The number of aromatic nitrogens is 1. The lowest BCUT2D eigenvalue weighted by Crippen LogP contribution is -2.20. The Hall–Kier alpha value is -2.75. The lowest BCUT2D eigenvalue weighted by molar-refractivity contribution is 0.0697. The van der Waals surface area contributed by atoms with E-state index >= 15 is 0 Å². The fourth-order valence-corrected chi connectivity index (χ4v) is 5.21. The number of rotatable bonds is 2. The maximum absolute atomic E-state index is 11.6. The average Bonchev–Trinajstić information content (AvgIpc) is 2.98. The summed E-state index contributed by atoms with van der Waals surface area (Å²) in [4.78, 5) is 13.9. The predicted molar refractivity (Wildman–Crippen MR) is 113 cm³/mol. The van der Waals surface area contributed by atoms with Crippen molar-refractivity contribution in [1.82, 2.24) is 4.57 Å². The topological polar surface area (TPSA) is 45.5 Å². The molecule has 1 aromatic heterocycles. The van der Waals surface area contributed by atoms with Crippen molar-refractivity contribution >= 4 is 22.6 Å². The lowest BCUT2D eigenvalue weighted by atomic mass is 9.81. The zero-order valence-corrected chi connectivity index (χ0v) is 16.3. The molecule has 0 amide bonds. The summed E-state index contributed by atoms with van der Waals surface area (Å²) < 4.78 is 2.38. The van der Waals surface area contributed by atoms with Gasteiger partial charge in [0.15, 0.2) is 0 Å². The van der Waals surface area contributed by atoms with Crippen LogP contribution in [0.4, 0.5) is 5.69 Å². The molecular formula is C24H26N2O2. The van der Waals surface area contributed by atoms with Crippen molar-refractivity contribution in [3.8, 4) is 11.3 Å². The molecule has 0 atom stereocenters. The van der Waals surface area contributed by atoms with Crippen molar-refractivity contribution in [3.63, 3.8) is 0 Å². The third-order valence-electron chi connectivity index (χ3n) is 6.59. The lowest BCUT2D eigenvalue weighted by Gasteiger charge is -2.24. The Bertz CT molecular complexity index is 1060. The van der Waals surface area contributed by atoms with Crippen molar-refractivity contribution in [2.45, 2.75) is 44.6 Å². The van der Waals surface area contributed by atoms with Gasteiger partial charge in [0.2, 0.25) is 0 Å². The molecule has 2 aliphatic rings. The summed E-state index contributed by atoms with van der Waals surface area (Å²) in [7, 11) is 2.15.